The molecule has 0 aliphatic rings. The maximum absolute atomic E-state index is 10.2. The molecule has 1 heterocycles. The second kappa shape index (κ2) is 2.96. The molecule has 0 saturated carbocycles. The smallest absolute Gasteiger partial charge is 0.290 e. The summed E-state index contributed by atoms with van der Waals surface area (Å²) in [4.78, 5) is 20.3. The Kier molecular flexibility index (Phi) is 2.19. The van der Waals surface area contributed by atoms with Crippen molar-refractivity contribution in [3.05, 3.63) is 24.8 Å². The van der Waals surface area contributed by atoms with Crippen molar-refractivity contribution < 1.29 is 23.7 Å². The molecule has 6 nitrogen and oxygen atoms in total. The van der Waals surface area contributed by atoms with Gasteiger partial charge in [0.2, 0.25) is 12.4 Å². The van der Waals surface area contributed by atoms with Crippen LogP contribution in [0.15, 0.2) is 24.8 Å². The van der Waals surface area contributed by atoms with E-state index in [1.807, 2.05) is 0 Å². The van der Waals surface area contributed by atoms with E-state index in [-0.39, 0.29) is 0 Å². The van der Waals surface area contributed by atoms with Gasteiger partial charge in [0, 0.05) is 4.73 Å². The van der Waals surface area contributed by atoms with Crippen molar-refractivity contribution in [1.29, 1.82) is 0 Å². The Morgan fingerprint density at radius 1 is 1.36 bits per heavy atom. The molecule has 0 radical (unpaired) electrons. The van der Waals surface area contributed by atoms with Gasteiger partial charge in [-0.3, -0.25) is 14.8 Å². The van der Waals surface area contributed by atoms with Crippen LogP contribution in [0.2, 0.25) is 0 Å². The summed E-state index contributed by atoms with van der Waals surface area (Å²) in [5.41, 5.74) is 0. The maximum Gasteiger partial charge on any atom is 0.581 e. The molecule has 0 amide bonds. The highest BCUT2D eigenvalue weighted by molar-refractivity contribution is 7.46. The molecule has 0 bridgehead atoms. The predicted octanol–water partition coefficient (Wildman–Crippen LogP) is -1.11. The lowest BCUT2D eigenvalue weighted by Crippen LogP contribution is -2.39. The fourth-order valence-corrected chi connectivity index (χ4v) is 0.840. The van der Waals surface area contributed by atoms with Gasteiger partial charge in [-0.15, -0.1) is 0 Å². The minimum absolute atomic E-state index is 0.883. The fourth-order valence-electron chi connectivity index (χ4n) is 0.485. The summed E-state index contributed by atoms with van der Waals surface area (Å²) < 4.78 is 15.3. The second-order valence-electron chi connectivity index (χ2n) is 1.68. The van der Waals surface area contributed by atoms with Crippen molar-refractivity contribution in [3.8, 4) is 0 Å². The van der Waals surface area contributed by atoms with Crippen LogP contribution in [0.3, 0.4) is 0 Å². The Morgan fingerprint density at radius 2 is 1.91 bits per heavy atom. The van der Waals surface area contributed by atoms with Gasteiger partial charge in [0.05, 0.1) is 12.4 Å². The normalized spacial score (nSPS) is 11.1. The zero-order chi connectivity index (χ0) is 8.32. The first-order chi connectivity index (χ1) is 5.08. The average Bonchev–Trinajstić information content (AvgIpc) is 1.85. The average molecular weight is 177 g/mol. The van der Waals surface area contributed by atoms with Crippen LogP contribution in [0.5, 0.6) is 0 Å². The van der Waals surface area contributed by atoms with Crippen molar-refractivity contribution in [2.45, 2.75) is 0 Å². The van der Waals surface area contributed by atoms with Gasteiger partial charge < -0.3 is 0 Å². The van der Waals surface area contributed by atoms with Gasteiger partial charge in [0.25, 0.3) is 0 Å². The molecule has 1 rings (SSSR count). The number of nitrogens with zero attached hydrogens (tertiary/aromatic N) is 2. The van der Waals surface area contributed by atoms with E-state index in [1.54, 1.807) is 0 Å². The number of hydrogen-bond acceptors (Lipinski definition) is 3. The molecular formula is C4H6N2O4P+. The van der Waals surface area contributed by atoms with E-state index >= 15 is 0 Å². The summed E-state index contributed by atoms with van der Waals surface area (Å²) in [5.74, 6) is 0. The number of aromatic nitrogens is 2. The second-order valence-corrected chi connectivity index (χ2v) is 2.82. The third kappa shape index (κ3) is 3.08. The van der Waals surface area contributed by atoms with Crippen LogP contribution in [0.1, 0.15) is 0 Å². The highest BCUT2D eigenvalue weighted by Gasteiger charge is 2.21. The fraction of sp³-hybridized carbons (Fsp3) is 0. The quantitative estimate of drug-likeness (QED) is 0.442. The van der Waals surface area contributed by atoms with Crippen molar-refractivity contribution in [2.24, 2.45) is 0 Å². The molecule has 0 unspecified atom stereocenters. The Labute approximate surface area is 62.3 Å². The molecule has 1 aromatic rings. The molecule has 0 saturated heterocycles. The Hall–Kier alpha value is -0.970. The zero-order valence-corrected chi connectivity index (χ0v) is 6.26. The lowest BCUT2D eigenvalue weighted by molar-refractivity contribution is -0.861. The third-order valence-corrected chi connectivity index (χ3v) is 1.20. The van der Waals surface area contributed by atoms with Crippen LogP contribution in [0, 0.1) is 0 Å². The SMILES string of the molecule is O=P(O)(O)O[n+]1ccncc1. The lowest BCUT2D eigenvalue weighted by atomic mass is 10.8. The van der Waals surface area contributed by atoms with Gasteiger partial charge >= 0.3 is 7.82 Å². The molecule has 1 aromatic heterocycles. The molecular weight excluding hydrogens is 171 g/mol. The third-order valence-electron chi connectivity index (χ3n) is 0.800. The summed E-state index contributed by atoms with van der Waals surface area (Å²) in [7, 11) is -4.45. The minimum Gasteiger partial charge on any atom is -0.290 e. The first kappa shape index (κ1) is 8.13. The molecule has 60 valence electrons. The molecule has 2 N–H and O–H groups in total. The van der Waals surface area contributed by atoms with E-state index in [0.29, 0.717) is 0 Å². The topological polar surface area (TPSA) is 83.5 Å². The van der Waals surface area contributed by atoms with E-state index in [0.717, 1.165) is 4.73 Å². The summed E-state index contributed by atoms with van der Waals surface area (Å²) in [6.45, 7) is 0. The maximum atomic E-state index is 10.2. The van der Waals surface area contributed by atoms with Crippen LogP contribution >= 0.6 is 7.82 Å². The Morgan fingerprint density at radius 3 is 2.36 bits per heavy atom. The molecule has 0 spiro atoms. The van der Waals surface area contributed by atoms with Gasteiger partial charge in [-0.1, -0.05) is 0 Å². The predicted molar refractivity (Wildman–Crippen MR) is 33.1 cm³/mol. The molecule has 0 atom stereocenters. The van der Waals surface area contributed by atoms with Crippen molar-refractivity contribution in [2.75, 3.05) is 0 Å². The number of hydrogen-bond donors (Lipinski definition) is 2. The first-order valence-electron chi connectivity index (χ1n) is 2.65. The van der Waals surface area contributed by atoms with Crippen molar-refractivity contribution in [1.82, 2.24) is 4.98 Å². The summed E-state index contributed by atoms with van der Waals surface area (Å²) in [5, 5.41) is 0. The van der Waals surface area contributed by atoms with E-state index in [1.165, 1.54) is 24.8 Å². The zero-order valence-electron chi connectivity index (χ0n) is 5.36. The van der Waals surface area contributed by atoms with Crippen molar-refractivity contribution >= 4 is 7.82 Å². The van der Waals surface area contributed by atoms with Crippen molar-refractivity contribution in [3.63, 3.8) is 0 Å². The molecule has 11 heavy (non-hydrogen) atoms. The largest absolute Gasteiger partial charge is 0.581 e. The van der Waals surface area contributed by atoms with Gasteiger partial charge in [-0.05, 0) is 0 Å². The number of rotatable bonds is 2. The van der Waals surface area contributed by atoms with Crippen LogP contribution in [0.25, 0.3) is 0 Å². The Balaban J connectivity index is 2.74. The molecule has 0 aliphatic heterocycles. The molecule has 0 aromatic carbocycles. The van der Waals surface area contributed by atoms with Crippen LogP contribution in [0.4, 0.5) is 0 Å². The van der Waals surface area contributed by atoms with E-state index in [9.17, 15) is 4.57 Å². The van der Waals surface area contributed by atoms with Crippen LogP contribution < -0.4 is 9.35 Å². The van der Waals surface area contributed by atoms with Crippen LogP contribution in [-0.2, 0) is 4.57 Å². The van der Waals surface area contributed by atoms with Gasteiger partial charge in [-0.2, -0.15) is 4.62 Å². The van der Waals surface area contributed by atoms with Crippen LogP contribution in [-0.4, -0.2) is 14.8 Å². The lowest BCUT2D eigenvalue weighted by Gasteiger charge is -1.95. The highest BCUT2D eigenvalue weighted by Crippen LogP contribution is 2.28. The molecule has 0 aliphatic carbocycles. The van der Waals surface area contributed by atoms with Gasteiger partial charge in [0.1, 0.15) is 0 Å². The minimum atomic E-state index is -4.45. The Bertz CT molecular complexity index is 271. The molecule has 7 heteroatoms. The first-order valence-corrected chi connectivity index (χ1v) is 4.18. The van der Waals surface area contributed by atoms with E-state index in [2.05, 4.69) is 9.61 Å². The highest BCUT2D eigenvalue weighted by atomic mass is 31.2. The summed E-state index contributed by atoms with van der Waals surface area (Å²) in [6.07, 6.45) is 5.24. The van der Waals surface area contributed by atoms with Gasteiger partial charge in [-0.25, -0.2) is 4.57 Å². The van der Waals surface area contributed by atoms with Gasteiger partial charge in [0.15, 0.2) is 0 Å². The standard InChI is InChI=1S/C4H5N2O4P/c7-11(8,9)10-6-3-1-5-2-4-6/h1-4H,(H-,7,8,9)/p+1. The summed E-state index contributed by atoms with van der Waals surface area (Å²) in [6, 6.07) is 0. The van der Waals surface area contributed by atoms with E-state index < -0.39 is 7.82 Å². The summed E-state index contributed by atoms with van der Waals surface area (Å²) >= 11 is 0. The monoisotopic (exact) mass is 177 g/mol. The molecule has 0 fully saturated rings. The van der Waals surface area contributed by atoms with E-state index in [4.69, 9.17) is 9.79 Å². The number of phosphoric acid groups is 1.